The Morgan fingerprint density at radius 2 is 1.62 bits per heavy atom. The maximum Gasteiger partial charge on any atom is 0.335 e. The summed E-state index contributed by atoms with van der Waals surface area (Å²) in [6, 6.07) is 10.9. The monoisotopic (exact) mass is 546 g/mol. The number of rotatable bonds is 8. The van der Waals surface area contributed by atoms with Crippen molar-refractivity contribution in [3.8, 4) is 0 Å². The van der Waals surface area contributed by atoms with Crippen LogP contribution < -0.4 is 26.2 Å². The molecular formula is C28H26N4O8. The fourth-order valence-electron chi connectivity index (χ4n) is 4.26. The number of fused-ring (bicyclic) bond motifs is 1. The van der Waals surface area contributed by atoms with Crippen LogP contribution in [-0.4, -0.2) is 61.2 Å². The number of pyridine rings is 1. The molecule has 0 saturated heterocycles. The molecule has 0 fully saturated rings. The molecule has 0 spiro atoms. The van der Waals surface area contributed by atoms with Crippen LogP contribution in [0.25, 0.3) is 6.08 Å². The number of benzene rings is 2. The summed E-state index contributed by atoms with van der Waals surface area (Å²) in [6.45, 7) is 3.13. The maximum absolute atomic E-state index is 13.3. The lowest BCUT2D eigenvalue weighted by Gasteiger charge is -2.23. The number of aromatic amines is 1. The van der Waals surface area contributed by atoms with E-state index in [-0.39, 0.29) is 34.9 Å². The number of aromatic nitrogens is 1. The van der Waals surface area contributed by atoms with Gasteiger partial charge < -0.3 is 24.5 Å². The predicted molar refractivity (Wildman–Crippen MR) is 144 cm³/mol. The molecule has 12 heteroatoms. The van der Waals surface area contributed by atoms with Crippen LogP contribution in [0.5, 0.6) is 0 Å². The number of carbonyl (C=O) groups excluding carboxylic acids is 3. The van der Waals surface area contributed by atoms with Gasteiger partial charge >= 0.3 is 17.9 Å². The molecule has 1 aromatic heterocycles. The number of H-pyrrole nitrogens is 1. The molecule has 40 heavy (non-hydrogen) atoms. The largest absolute Gasteiger partial charge is 0.478 e. The van der Waals surface area contributed by atoms with Crippen molar-refractivity contribution in [3.05, 3.63) is 91.3 Å². The molecule has 206 valence electrons. The highest BCUT2D eigenvalue weighted by molar-refractivity contribution is 6.08. The number of nitrogens with one attached hydrogen (secondary N) is 1. The smallest absolute Gasteiger partial charge is 0.335 e. The fraction of sp³-hybridized carbons (Fsp3) is 0.214. The van der Waals surface area contributed by atoms with Gasteiger partial charge in [-0.3, -0.25) is 19.2 Å². The lowest BCUT2D eigenvalue weighted by Crippen LogP contribution is -2.38. The third-order valence-electron chi connectivity index (χ3n) is 6.47. The minimum absolute atomic E-state index is 0.0643. The first-order chi connectivity index (χ1) is 19.0. The molecule has 1 aliphatic rings. The first-order valence-corrected chi connectivity index (χ1v) is 12.0. The van der Waals surface area contributed by atoms with Gasteiger partial charge in [0.05, 0.1) is 31.0 Å². The zero-order valence-corrected chi connectivity index (χ0v) is 22.2. The Bertz CT molecular complexity index is 1690. The van der Waals surface area contributed by atoms with Gasteiger partial charge in [0.1, 0.15) is 13.1 Å². The van der Waals surface area contributed by atoms with Crippen LogP contribution in [0.1, 0.15) is 37.4 Å². The van der Waals surface area contributed by atoms with E-state index in [0.29, 0.717) is 22.5 Å². The number of esters is 2. The first kappa shape index (κ1) is 27.8. The van der Waals surface area contributed by atoms with E-state index in [1.165, 1.54) is 43.4 Å². The number of methoxy groups -OCH3 is 2. The fourth-order valence-corrected chi connectivity index (χ4v) is 4.26. The number of carbonyl (C=O) groups is 4. The van der Waals surface area contributed by atoms with Gasteiger partial charge in [0.15, 0.2) is 5.49 Å². The molecule has 0 aliphatic carbocycles. The van der Waals surface area contributed by atoms with E-state index >= 15 is 0 Å². The van der Waals surface area contributed by atoms with E-state index in [4.69, 9.17) is 14.6 Å². The molecule has 3 aromatic rings. The minimum Gasteiger partial charge on any atom is -0.478 e. The second-order valence-electron chi connectivity index (χ2n) is 8.98. The van der Waals surface area contributed by atoms with E-state index in [1.807, 2.05) is 6.92 Å². The standard InChI is InChI=1S/C28H26N4O8/c1-15-11-20(31(13-22(33)39-3)14-23(34)40-4)10-7-18(15)12-21-16(2)24-25(29-26(21)35)30-32(27(24)36)19-8-5-17(6-9-19)28(37)38/h5-12H,13-14H2,1-4H3,(H,37,38)(H,29,30,35)/b21-12+. The SMILES string of the molecule is COC(=O)CN(CC(=O)OC)c1ccc(/C=c2\c(C)c3c([nH]c2=O)=NN(c2ccc(C(=O)O)cc2)C3=O)c(C)c1. The molecule has 0 radical (unpaired) electrons. The Kier molecular flexibility index (Phi) is 7.80. The van der Waals surface area contributed by atoms with Crippen LogP contribution in [0.2, 0.25) is 0 Å². The van der Waals surface area contributed by atoms with Crippen LogP contribution in [-0.2, 0) is 19.1 Å². The molecule has 1 aliphatic heterocycles. The summed E-state index contributed by atoms with van der Waals surface area (Å²) in [5.74, 6) is -2.61. The average Bonchev–Trinajstić information content (AvgIpc) is 3.26. The molecule has 2 N–H and O–H groups in total. The molecule has 0 unspecified atom stereocenters. The summed E-state index contributed by atoms with van der Waals surface area (Å²) in [5.41, 5.74) is 2.73. The number of nitrogens with zero attached hydrogens (tertiary/aromatic N) is 3. The molecule has 2 heterocycles. The van der Waals surface area contributed by atoms with E-state index in [0.717, 1.165) is 10.6 Å². The van der Waals surface area contributed by atoms with Crippen molar-refractivity contribution in [2.75, 3.05) is 37.2 Å². The number of carboxylic acids is 1. The first-order valence-electron chi connectivity index (χ1n) is 12.0. The van der Waals surface area contributed by atoms with Gasteiger partial charge in [0.2, 0.25) is 0 Å². The predicted octanol–water partition coefficient (Wildman–Crippen LogP) is 0.866. The van der Waals surface area contributed by atoms with E-state index < -0.39 is 29.4 Å². The number of carboxylic acid groups (broad SMARTS) is 1. The Labute approximate surface area is 227 Å². The molecule has 0 atom stereocenters. The second-order valence-corrected chi connectivity index (χ2v) is 8.98. The number of amides is 1. The van der Waals surface area contributed by atoms with Gasteiger partial charge in [-0.2, -0.15) is 5.01 Å². The lowest BCUT2D eigenvalue weighted by molar-refractivity contribution is -0.140. The van der Waals surface area contributed by atoms with Gasteiger partial charge in [-0.1, -0.05) is 6.07 Å². The molecule has 0 bridgehead atoms. The van der Waals surface area contributed by atoms with E-state index in [9.17, 15) is 24.0 Å². The van der Waals surface area contributed by atoms with Crippen molar-refractivity contribution in [3.63, 3.8) is 0 Å². The zero-order chi connectivity index (χ0) is 29.1. The average molecular weight is 547 g/mol. The van der Waals surface area contributed by atoms with Gasteiger partial charge in [-0.25, -0.2) is 4.79 Å². The molecule has 12 nitrogen and oxygen atoms in total. The number of aryl methyl sites for hydroxylation is 1. The van der Waals surface area contributed by atoms with Crippen molar-refractivity contribution in [1.29, 1.82) is 0 Å². The van der Waals surface area contributed by atoms with Crippen LogP contribution >= 0.6 is 0 Å². The Morgan fingerprint density at radius 1 is 1.00 bits per heavy atom. The van der Waals surface area contributed by atoms with Crippen LogP contribution in [0, 0.1) is 13.8 Å². The summed E-state index contributed by atoms with van der Waals surface area (Å²) in [5, 5.41) is 14.7. The summed E-state index contributed by atoms with van der Waals surface area (Å²) < 4.78 is 9.47. The zero-order valence-electron chi connectivity index (χ0n) is 22.2. The van der Waals surface area contributed by atoms with Crippen LogP contribution in [0.15, 0.2) is 52.4 Å². The van der Waals surface area contributed by atoms with Crippen molar-refractivity contribution < 1.29 is 33.8 Å². The Hall–Kier alpha value is -5.26. The summed E-state index contributed by atoms with van der Waals surface area (Å²) >= 11 is 0. The van der Waals surface area contributed by atoms with Gasteiger partial charge in [-0.15, -0.1) is 5.10 Å². The number of hydrogen-bond acceptors (Lipinski definition) is 9. The summed E-state index contributed by atoms with van der Waals surface area (Å²) in [6.07, 6.45) is 1.65. The highest BCUT2D eigenvalue weighted by Gasteiger charge is 2.28. The number of ether oxygens (including phenoxy) is 2. The quantitative estimate of drug-likeness (QED) is 0.391. The summed E-state index contributed by atoms with van der Waals surface area (Å²) in [7, 11) is 2.51. The van der Waals surface area contributed by atoms with E-state index in [1.54, 1.807) is 31.2 Å². The number of anilines is 2. The Morgan fingerprint density at radius 3 is 2.17 bits per heavy atom. The molecule has 4 rings (SSSR count). The third-order valence-corrected chi connectivity index (χ3v) is 6.47. The van der Waals surface area contributed by atoms with Gasteiger partial charge in [-0.05, 0) is 73.0 Å². The second kappa shape index (κ2) is 11.2. The maximum atomic E-state index is 13.3. The molecular weight excluding hydrogens is 520 g/mol. The van der Waals surface area contributed by atoms with Crippen LogP contribution in [0.3, 0.4) is 0 Å². The normalized spacial score (nSPS) is 12.6. The highest BCUT2D eigenvalue weighted by atomic mass is 16.5. The Balaban J connectivity index is 1.70. The molecule has 0 saturated carbocycles. The third kappa shape index (κ3) is 5.46. The van der Waals surface area contributed by atoms with Crippen molar-refractivity contribution in [2.24, 2.45) is 5.10 Å². The minimum atomic E-state index is -1.09. The van der Waals surface area contributed by atoms with Crippen molar-refractivity contribution in [1.82, 2.24) is 4.98 Å². The topological polar surface area (TPSA) is 159 Å². The van der Waals surface area contributed by atoms with Gasteiger partial charge in [0.25, 0.3) is 11.5 Å². The number of hydrogen-bond donors (Lipinski definition) is 2. The highest BCUT2D eigenvalue weighted by Crippen LogP contribution is 2.22. The lowest BCUT2D eigenvalue weighted by atomic mass is 10.0. The molecule has 1 amide bonds. The van der Waals surface area contributed by atoms with Crippen molar-refractivity contribution in [2.45, 2.75) is 13.8 Å². The number of aromatic carboxylic acids is 1. The van der Waals surface area contributed by atoms with Gasteiger partial charge in [0, 0.05) is 10.9 Å². The molecule has 2 aromatic carbocycles. The van der Waals surface area contributed by atoms with Crippen LogP contribution in [0.4, 0.5) is 11.4 Å². The summed E-state index contributed by atoms with van der Waals surface area (Å²) in [4.78, 5) is 65.4. The van der Waals surface area contributed by atoms with E-state index in [2.05, 4.69) is 10.1 Å². The van der Waals surface area contributed by atoms with Crippen molar-refractivity contribution >= 4 is 41.3 Å².